The molecular weight excluding hydrogens is 374 g/mol. The van der Waals surface area contributed by atoms with E-state index in [9.17, 15) is 4.79 Å². The molecule has 0 saturated heterocycles. The van der Waals surface area contributed by atoms with Crippen LogP contribution in [0.25, 0.3) is 11.4 Å². The van der Waals surface area contributed by atoms with Crippen LogP contribution in [-0.4, -0.2) is 51.7 Å². The fraction of sp³-hybridized carbons (Fsp3) is 0.300. The van der Waals surface area contributed by atoms with Crippen LogP contribution in [0.3, 0.4) is 0 Å². The van der Waals surface area contributed by atoms with Gasteiger partial charge in [-0.05, 0) is 31.2 Å². The third kappa shape index (κ3) is 4.58. The number of hydrogen-bond acceptors (Lipinski definition) is 6. The predicted molar refractivity (Wildman–Crippen MR) is 110 cm³/mol. The molecule has 7 nitrogen and oxygen atoms in total. The first-order valence-electron chi connectivity index (χ1n) is 8.93. The van der Waals surface area contributed by atoms with Gasteiger partial charge in [0.1, 0.15) is 0 Å². The van der Waals surface area contributed by atoms with Crippen molar-refractivity contribution >= 4 is 23.4 Å². The maximum atomic E-state index is 12.9. The normalized spacial score (nSPS) is 12.0. The van der Waals surface area contributed by atoms with Crippen LogP contribution in [-0.2, 0) is 16.1 Å². The van der Waals surface area contributed by atoms with E-state index >= 15 is 0 Å². The molecule has 0 saturated carbocycles. The number of methoxy groups -OCH3 is 1. The Kier molecular flexibility index (Phi) is 6.78. The number of aromatic nitrogens is 4. The summed E-state index contributed by atoms with van der Waals surface area (Å²) in [6.45, 7) is 3.00. The average Bonchev–Trinajstić information content (AvgIpc) is 3.14. The Morgan fingerprint density at radius 3 is 2.57 bits per heavy atom. The van der Waals surface area contributed by atoms with Crippen molar-refractivity contribution in [3.05, 3.63) is 54.9 Å². The Morgan fingerprint density at radius 2 is 1.89 bits per heavy atom. The molecule has 3 rings (SSSR count). The predicted octanol–water partition coefficient (Wildman–Crippen LogP) is 3.13. The van der Waals surface area contributed by atoms with Gasteiger partial charge < -0.3 is 9.64 Å². The molecule has 0 aliphatic carbocycles. The topological polar surface area (TPSA) is 73.1 Å². The zero-order valence-corrected chi connectivity index (χ0v) is 17.0. The van der Waals surface area contributed by atoms with Gasteiger partial charge in [0.05, 0.1) is 18.4 Å². The van der Waals surface area contributed by atoms with Gasteiger partial charge in [0.2, 0.25) is 5.91 Å². The summed E-state index contributed by atoms with van der Waals surface area (Å²) in [5.41, 5.74) is 1.78. The smallest absolute Gasteiger partial charge is 0.240 e. The van der Waals surface area contributed by atoms with E-state index in [2.05, 4.69) is 15.2 Å². The van der Waals surface area contributed by atoms with E-state index in [0.717, 1.165) is 17.1 Å². The minimum atomic E-state index is -0.319. The van der Waals surface area contributed by atoms with E-state index < -0.39 is 0 Å². The van der Waals surface area contributed by atoms with Gasteiger partial charge in [-0.3, -0.25) is 14.3 Å². The molecule has 146 valence electrons. The summed E-state index contributed by atoms with van der Waals surface area (Å²) < 4.78 is 7.22. The zero-order chi connectivity index (χ0) is 19.9. The minimum absolute atomic E-state index is 0.00273. The molecule has 2 aromatic heterocycles. The Bertz CT molecular complexity index is 901. The molecule has 0 aliphatic rings. The van der Waals surface area contributed by atoms with Crippen LogP contribution in [0.2, 0.25) is 0 Å². The van der Waals surface area contributed by atoms with Crippen LogP contribution in [0.1, 0.15) is 6.92 Å². The van der Waals surface area contributed by atoms with E-state index in [1.165, 1.54) is 11.8 Å². The third-order valence-electron chi connectivity index (χ3n) is 4.28. The summed E-state index contributed by atoms with van der Waals surface area (Å²) in [5, 5.41) is 9.04. The Labute approximate surface area is 168 Å². The largest absolute Gasteiger partial charge is 0.383 e. The van der Waals surface area contributed by atoms with Gasteiger partial charge in [-0.15, -0.1) is 10.2 Å². The number of pyridine rings is 1. The zero-order valence-electron chi connectivity index (χ0n) is 16.1. The summed E-state index contributed by atoms with van der Waals surface area (Å²) in [7, 11) is 3.44. The number of ether oxygens (including phenoxy) is 1. The van der Waals surface area contributed by atoms with Gasteiger partial charge in [0.25, 0.3) is 0 Å². The highest BCUT2D eigenvalue weighted by Gasteiger charge is 2.23. The molecule has 1 amide bonds. The number of benzene rings is 1. The molecule has 8 heteroatoms. The number of para-hydroxylation sites is 1. The molecule has 0 N–H and O–H groups in total. The Balaban J connectivity index is 1.81. The van der Waals surface area contributed by atoms with Gasteiger partial charge >= 0.3 is 0 Å². The lowest BCUT2D eigenvalue weighted by Crippen LogP contribution is -2.33. The van der Waals surface area contributed by atoms with Crippen LogP contribution in [0.4, 0.5) is 5.69 Å². The van der Waals surface area contributed by atoms with Crippen molar-refractivity contribution in [2.75, 3.05) is 25.7 Å². The minimum Gasteiger partial charge on any atom is -0.383 e. The van der Waals surface area contributed by atoms with Crippen molar-refractivity contribution in [3.8, 4) is 11.4 Å². The molecule has 2 heterocycles. The highest BCUT2D eigenvalue weighted by molar-refractivity contribution is 8.00. The number of anilines is 1. The van der Waals surface area contributed by atoms with Gasteiger partial charge in [0, 0.05) is 37.8 Å². The number of hydrogen-bond donors (Lipinski definition) is 0. The maximum absolute atomic E-state index is 12.9. The lowest BCUT2D eigenvalue weighted by Gasteiger charge is -2.21. The highest BCUT2D eigenvalue weighted by atomic mass is 32.2. The first-order chi connectivity index (χ1) is 13.6. The summed E-state index contributed by atoms with van der Waals surface area (Å²) in [6, 6.07) is 13.4. The van der Waals surface area contributed by atoms with Crippen LogP contribution in [0.15, 0.2) is 60.0 Å². The van der Waals surface area contributed by atoms with Crippen molar-refractivity contribution in [1.82, 2.24) is 19.7 Å². The van der Waals surface area contributed by atoms with Crippen LogP contribution >= 0.6 is 11.8 Å². The van der Waals surface area contributed by atoms with E-state index in [1.807, 2.05) is 54.0 Å². The first-order valence-corrected chi connectivity index (χ1v) is 9.81. The monoisotopic (exact) mass is 397 g/mol. The molecule has 0 aliphatic heterocycles. The van der Waals surface area contributed by atoms with Crippen LogP contribution in [0, 0.1) is 0 Å². The Hall–Kier alpha value is -2.71. The number of carbonyl (C=O) groups is 1. The van der Waals surface area contributed by atoms with Crippen molar-refractivity contribution in [2.45, 2.75) is 23.9 Å². The molecule has 0 radical (unpaired) electrons. The van der Waals surface area contributed by atoms with E-state index in [0.29, 0.717) is 18.3 Å². The van der Waals surface area contributed by atoms with E-state index in [4.69, 9.17) is 4.74 Å². The standard InChI is InChI=1S/C20H23N5O2S/c1-15(19(26)24(2)17-7-5-4-6-8-17)28-20-23-22-18(25(20)13-14-27-3)16-9-11-21-12-10-16/h4-12,15H,13-14H2,1-3H3. The van der Waals surface area contributed by atoms with Gasteiger partial charge in [-0.1, -0.05) is 30.0 Å². The van der Waals surface area contributed by atoms with Gasteiger partial charge in [-0.2, -0.15) is 0 Å². The summed E-state index contributed by atoms with van der Waals surface area (Å²) in [5.74, 6) is 0.737. The number of carbonyl (C=O) groups excluding carboxylic acids is 1. The van der Waals surface area contributed by atoms with Crippen molar-refractivity contribution in [1.29, 1.82) is 0 Å². The second-order valence-corrected chi connectivity index (χ2v) is 7.49. The fourth-order valence-corrected chi connectivity index (χ4v) is 3.70. The quantitative estimate of drug-likeness (QED) is 0.544. The number of nitrogens with zero attached hydrogens (tertiary/aromatic N) is 5. The molecular formula is C20H23N5O2S. The van der Waals surface area contributed by atoms with Gasteiger partial charge in [-0.25, -0.2) is 0 Å². The van der Waals surface area contributed by atoms with Crippen molar-refractivity contribution < 1.29 is 9.53 Å². The number of rotatable bonds is 8. The van der Waals surface area contributed by atoms with Crippen molar-refractivity contribution in [3.63, 3.8) is 0 Å². The lowest BCUT2D eigenvalue weighted by molar-refractivity contribution is -0.117. The van der Waals surface area contributed by atoms with Crippen LogP contribution < -0.4 is 4.90 Å². The Morgan fingerprint density at radius 1 is 1.18 bits per heavy atom. The van der Waals surface area contributed by atoms with E-state index in [1.54, 1.807) is 31.5 Å². The number of thioether (sulfide) groups is 1. The fourth-order valence-electron chi connectivity index (χ4n) is 2.73. The van der Waals surface area contributed by atoms with Gasteiger partial charge in [0.15, 0.2) is 11.0 Å². The molecule has 1 unspecified atom stereocenters. The second-order valence-electron chi connectivity index (χ2n) is 6.18. The molecule has 0 bridgehead atoms. The molecule has 0 spiro atoms. The van der Waals surface area contributed by atoms with Crippen LogP contribution in [0.5, 0.6) is 0 Å². The maximum Gasteiger partial charge on any atom is 0.240 e. The van der Waals surface area contributed by atoms with Crippen molar-refractivity contribution in [2.24, 2.45) is 0 Å². The summed E-state index contributed by atoms with van der Waals surface area (Å²) in [6.07, 6.45) is 3.44. The summed E-state index contributed by atoms with van der Waals surface area (Å²) >= 11 is 1.39. The lowest BCUT2D eigenvalue weighted by atomic mass is 10.2. The summed E-state index contributed by atoms with van der Waals surface area (Å²) in [4.78, 5) is 18.6. The highest BCUT2D eigenvalue weighted by Crippen LogP contribution is 2.28. The molecule has 1 aromatic carbocycles. The molecule has 1 atom stereocenters. The first kappa shape index (κ1) is 20.0. The number of amides is 1. The molecule has 0 fully saturated rings. The molecule has 3 aromatic rings. The molecule has 28 heavy (non-hydrogen) atoms. The second kappa shape index (κ2) is 9.48. The average molecular weight is 398 g/mol. The third-order valence-corrected chi connectivity index (χ3v) is 5.35. The van der Waals surface area contributed by atoms with E-state index in [-0.39, 0.29) is 11.2 Å². The SMILES string of the molecule is COCCn1c(SC(C)C(=O)N(C)c2ccccc2)nnc1-c1ccncc1.